The Morgan fingerprint density at radius 1 is 1.43 bits per heavy atom. The number of esters is 1. The van der Waals surface area contributed by atoms with Gasteiger partial charge in [0, 0.05) is 23.5 Å². The lowest BCUT2D eigenvalue weighted by atomic mass is 10.2. The molecule has 72 valence electrons. The number of H-pyrrole nitrogens is 1. The van der Waals surface area contributed by atoms with Crippen LogP contribution >= 0.6 is 0 Å². The van der Waals surface area contributed by atoms with Gasteiger partial charge in [-0.15, -0.1) is 0 Å². The molecule has 0 saturated heterocycles. The topological polar surface area (TPSA) is 42.1 Å². The third-order valence-electron chi connectivity index (χ3n) is 2.07. The lowest BCUT2D eigenvalue weighted by Crippen LogP contribution is -2.05. The molecule has 0 fully saturated rings. The fourth-order valence-corrected chi connectivity index (χ4v) is 1.34. The first-order valence-corrected chi connectivity index (χ1v) is 4.58. The second-order valence-corrected chi connectivity index (χ2v) is 3.02. The van der Waals surface area contributed by atoms with Gasteiger partial charge in [-0.1, -0.05) is 13.0 Å². The van der Waals surface area contributed by atoms with E-state index in [9.17, 15) is 4.79 Å². The molecule has 1 N–H and O–H groups in total. The summed E-state index contributed by atoms with van der Waals surface area (Å²) in [5, 5.41) is 0.939. The summed E-state index contributed by atoms with van der Waals surface area (Å²) >= 11 is 0. The molecular formula is C11H11NO2. The molecule has 3 nitrogen and oxygen atoms in total. The van der Waals surface area contributed by atoms with Crippen molar-refractivity contribution < 1.29 is 9.53 Å². The fraction of sp³-hybridized carbons (Fsp3) is 0.182. The molecule has 14 heavy (non-hydrogen) atoms. The van der Waals surface area contributed by atoms with Crippen LogP contribution in [0.5, 0.6) is 5.75 Å². The van der Waals surface area contributed by atoms with Crippen molar-refractivity contribution in [3.8, 4) is 5.75 Å². The SMILES string of the molecule is CCC(=O)Oc1cccc2[nH]ccc12. The van der Waals surface area contributed by atoms with Crippen LogP contribution in [0.15, 0.2) is 30.5 Å². The summed E-state index contributed by atoms with van der Waals surface area (Å²) in [6, 6.07) is 7.49. The van der Waals surface area contributed by atoms with Crippen LogP contribution in [0.1, 0.15) is 13.3 Å². The maximum atomic E-state index is 11.1. The molecule has 0 bridgehead atoms. The summed E-state index contributed by atoms with van der Waals surface area (Å²) < 4.78 is 5.18. The quantitative estimate of drug-likeness (QED) is 0.582. The molecule has 0 unspecified atom stereocenters. The van der Waals surface area contributed by atoms with Gasteiger partial charge < -0.3 is 9.72 Å². The van der Waals surface area contributed by atoms with Gasteiger partial charge in [-0.2, -0.15) is 0 Å². The average molecular weight is 189 g/mol. The maximum Gasteiger partial charge on any atom is 0.310 e. The molecule has 1 aromatic heterocycles. The predicted octanol–water partition coefficient (Wildman–Crippen LogP) is 2.48. The van der Waals surface area contributed by atoms with E-state index in [0.29, 0.717) is 12.2 Å². The second kappa shape index (κ2) is 3.54. The summed E-state index contributed by atoms with van der Waals surface area (Å²) in [6.45, 7) is 1.78. The standard InChI is InChI=1S/C11H11NO2/c1-2-11(13)14-10-5-3-4-9-8(10)6-7-12-9/h3-7,12H,2H2,1H3. The summed E-state index contributed by atoms with van der Waals surface area (Å²) in [5.74, 6) is 0.411. The fourth-order valence-electron chi connectivity index (χ4n) is 1.34. The van der Waals surface area contributed by atoms with E-state index in [1.165, 1.54) is 0 Å². The minimum absolute atomic E-state index is 0.210. The van der Waals surface area contributed by atoms with Crippen molar-refractivity contribution in [1.29, 1.82) is 0 Å². The van der Waals surface area contributed by atoms with Crippen LogP contribution in [0.2, 0.25) is 0 Å². The Labute approximate surface area is 81.7 Å². The number of aromatic amines is 1. The van der Waals surface area contributed by atoms with Crippen LogP contribution in [-0.2, 0) is 4.79 Å². The number of benzene rings is 1. The summed E-state index contributed by atoms with van der Waals surface area (Å²) in [4.78, 5) is 14.2. The number of nitrogens with one attached hydrogen (secondary N) is 1. The molecular weight excluding hydrogens is 178 g/mol. The van der Waals surface area contributed by atoms with Gasteiger partial charge in [-0.25, -0.2) is 0 Å². The van der Waals surface area contributed by atoms with Crippen LogP contribution in [0.3, 0.4) is 0 Å². The Hall–Kier alpha value is -1.77. The highest BCUT2D eigenvalue weighted by atomic mass is 16.5. The van der Waals surface area contributed by atoms with Crippen molar-refractivity contribution >= 4 is 16.9 Å². The predicted molar refractivity (Wildman–Crippen MR) is 54.2 cm³/mol. The van der Waals surface area contributed by atoms with Gasteiger partial charge in [0.25, 0.3) is 0 Å². The highest BCUT2D eigenvalue weighted by molar-refractivity contribution is 5.88. The average Bonchev–Trinajstić information content (AvgIpc) is 2.66. The van der Waals surface area contributed by atoms with E-state index in [4.69, 9.17) is 4.74 Å². The largest absolute Gasteiger partial charge is 0.426 e. The zero-order chi connectivity index (χ0) is 9.97. The number of rotatable bonds is 2. The molecule has 0 saturated carbocycles. The van der Waals surface area contributed by atoms with Crippen LogP contribution in [0, 0.1) is 0 Å². The Kier molecular flexibility index (Phi) is 2.23. The van der Waals surface area contributed by atoms with Crippen LogP contribution in [0.25, 0.3) is 10.9 Å². The molecule has 1 heterocycles. The van der Waals surface area contributed by atoms with Crippen molar-refractivity contribution in [3.05, 3.63) is 30.5 Å². The van der Waals surface area contributed by atoms with Crippen molar-refractivity contribution in [2.75, 3.05) is 0 Å². The number of carbonyl (C=O) groups is 1. The van der Waals surface area contributed by atoms with E-state index in [2.05, 4.69) is 4.98 Å². The molecule has 0 aliphatic carbocycles. The van der Waals surface area contributed by atoms with E-state index in [1.54, 1.807) is 13.0 Å². The van der Waals surface area contributed by atoms with Crippen molar-refractivity contribution in [2.45, 2.75) is 13.3 Å². The normalized spacial score (nSPS) is 10.4. The maximum absolute atomic E-state index is 11.1. The Morgan fingerprint density at radius 3 is 3.07 bits per heavy atom. The van der Waals surface area contributed by atoms with Gasteiger partial charge in [0.2, 0.25) is 0 Å². The monoisotopic (exact) mass is 189 g/mol. The number of hydrogen-bond acceptors (Lipinski definition) is 2. The lowest BCUT2D eigenvalue weighted by Gasteiger charge is -2.03. The highest BCUT2D eigenvalue weighted by Crippen LogP contribution is 2.24. The molecule has 0 radical (unpaired) electrons. The van der Waals surface area contributed by atoms with Gasteiger partial charge in [0.1, 0.15) is 5.75 Å². The van der Waals surface area contributed by atoms with Crippen molar-refractivity contribution in [3.63, 3.8) is 0 Å². The molecule has 1 aromatic carbocycles. The van der Waals surface area contributed by atoms with Gasteiger partial charge in [-0.3, -0.25) is 4.79 Å². The molecule has 0 aliphatic heterocycles. The third kappa shape index (κ3) is 1.48. The molecule has 2 rings (SSSR count). The molecule has 0 aliphatic rings. The lowest BCUT2D eigenvalue weighted by molar-refractivity contribution is -0.133. The number of hydrogen-bond donors (Lipinski definition) is 1. The third-order valence-corrected chi connectivity index (χ3v) is 2.07. The van der Waals surface area contributed by atoms with Crippen LogP contribution < -0.4 is 4.74 Å². The van der Waals surface area contributed by atoms with Crippen LogP contribution in [0.4, 0.5) is 0 Å². The molecule has 0 spiro atoms. The number of carbonyl (C=O) groups excluding carboxylic acids is 1. The van der Waals surface area contributed by atoms with Crippen molar-refractivity contribution in [2.24, 2.45) is 0 Å². The van der Waals surface area contributed by atoms with Crippen LogP contribution in [-0.4, -0.2) is 11.0 Å². The minimum Gasteiger partial charge on any atom is -0.426 e. The highest BCUT2D eigenvalue weighted by Gasteiger charge is 2.05. The summed E-state index contributed by atoms with van der Waals surface area (Å²) in [5.41, 5.74) is 0.978. The van der Waals surface area contributed by atoms with E-state index >= 15 is 0 Å². The Morgan fingerprint density at radius 2 is 2.29 bits per heavy atom. The van der Waals surface area contributed by atoms with Gasteiger partial charge >= 0.3 is 5.97 Å². The van der Waals surface area contributed by atoms with Gasteiger partial charge in [-0.05, 0) is 18.2 Å². The smallest absolute Gasteiger partial charge is 0.310 e. The Balaban J connectivity index is 2.41. The van der Waals surface area contributed by atoms with E-state index < -0.39 is 0 Å². The number of fused-ring (bicyclic) bond motifs is 1. The minimum atomic E-state index is -0.210. The summed E-state index contributed by atoms with van der Waals surface area (Å²) in [6.07, 6.45) is 2.22. The molecule has 2 aromatic rings. The zero-order valence-corrected chi connectivity index (χ0v) is 7.91. The van der Waals surface area contributed by atoms with Gasteiger partial charge in [0.15, 0.2) is 0 Å². The molecule has 3 heteroatoms. The Bertz CT molecular complexity index is 459. The van der Waals surface area contributed by atoms with Gasteiger partial charge in [0.05, 0.1) is 0 Å². The molecule has 0 amide bonds. The number of aromatic nitrogens is 1. The number of ether oxygens (including phenoxy) is 1. The summed E-state index contributed by atoms with van der Waals surface area (Å²) in [7, 11) is 0. The zero-order valence-electron chi connectivity index (χ0n) is 7.91. The first-order chi connectivity index (χ1) is 6.81. The molecule has 0 atom stereocenters. The van der Waals surface area contributed by atoms with Crippen molar-refractivity contribution in [1.82, 2.24) is 4.98 Å². The first-order valence-electron chi connectivity index (χ1n) is 4.58. The second-order valence-electron chi connectivity index (χ2n) is 3.02. The van der Waals surface area contributed by atoms with E-state index in [1.807, 2.05) is 24.4 Å². The first kappa shape index (κ1) is 8.81. The van der Waals surface area contributed by atoms with E-state index in [-0.39, 0.29) is 5.97 Å². The van der Waals surface area contributed by atoms with E-state index in [0.717, 1.165) is 10.9 Å².